The first-order valence-electron chi connectivity index (χ1n) is 3.47. The molecule has 1 aromatic heterocycles. The van der Waals surface area contributed by atoms with E-state index in [0.29, 0.717) is 5.69 Å². The topological polar surface area (TPSA) is 33.1 Å². The molecule has 0 aliphatic rings. The molecule has 1 rings (SSSR count). The van der Waals surface area contributed by atoms with Crippen molar-refractivity contribution in [1.82, 2.24) is 4.98 Å². The lowest BCUT2D eigenvalue weighted by Gasteiger charge is -2.01. The molecule has 0 aliphatic heterocycles. The van der Waals surface area contributed by atoms with Crippen molar-refractivity contribution in [2.75, 3.05) is 0 Å². The Bertz CT molecular complexity index is 268. The van der Waals surface area contributed by atoms with E-state index in [9.17, 15) is 0 Å². The van der Waals surface area contributed by atoms with Crippen LogP contribution in [0.2, 0.25) is 0 Å². The van der Waals surface area contributed by atoms with Crippen LogP contribution < -0.4 is 0 Å². The van der Waals surface area contributed by atoms with Gasteiger partial charge in [-0.1, -0.05) is 18.7 Å². The average Bonchev–Trinajstić information content (AvgIpc) is 2.04. The first kappa shape index (κ1) is 7.95. The highest BCUT2D eigenvalue weighted by Gasteiger charge is 1.98. The Morgan fingerprint density at radius 2 is 2.36 bits per heavy atom. The SMILES string of the molecule is C=Cc1ccc(C)nc1CO. The number of aliphatic hydroxyl groups excluding tert-OH is 1. The van der Waals surface area contributed by atoms with E-state index in [1.165, 1.54) is 0 Å². The number of nitrogens with zero attached hydrogens (tertiary/aromatic N) is 1. The van der Waals surface area contributed by atoms with Crippen LogP contribution >= 0.6 is 0 Å². The van der Waals surface area contributed by atoms with Crippen molar-refractivity contribution in [2.45, 2.75) is 13.5 Å². The number of hydrogen-bond donors (Lipinski definition) is 1. The maximum Gasteiger partial charge on any atom is 0.0859 e. The molecule has 2 heteroatoms. The van der Waals surface area contributed by atoms with Gasteiger partial charge in [0.1, 0.15) is 0 Å². The number of aryl methyl sites for hydroxylation is 1. The van der Waals surface area contributed by atoms with Crippen molar-refractivity contribution in [3.63, 3.8) is 0 Å². The third-order valence-electron chi connectivity index (χ3n) is 1.52. The highest BCUT2D eigenvalue weighted by atomic mass is 16.3. The lowest BCUT2D eigenvalue weighted by atomic mass is 10.2. The maximum atomic E-state index is 8.86. The van der Waals surface area contributed by atoms with Crippen molar-refractivity contribution < 1.29 is 5.11 Å². The third kappa shape index (κ3) is 1.65. The zero-order chi connectivity index (χ0) is 8.27. The van der Waals surface area contributed by atoms with Gasteiger partial charge in [0.05, 0.1) is 12.3 Å². The van der Waals surface area contributed by atoms with Gasteiger partial charge >= 0.3 is 0 Å². The molecule has 0 saturated heterocycles. The number of rotatable bonds is 2. The Balaban J connectivity index is 3.16. The van der Waals surface area contributed by atoms with Crippen LogP contribution in [-0.2, 0) is 6.61 Å². The minimum atomic E-state index is -0.0248. The molecule has 0 radical (unpaired) electrons. The van der Waals surface area contributed by atoms with Crippen LogP contribution in [-0.4, -0.2) is 10.1 Å². The van der Waals surface area contributed by atoms with Crippen LogP contribution in [0.5, 0.6) is 0 Å². The monoisotopic (exact) mass is 149 g/mol. The zero-order valence-corrected chi connectivity index (χ0v) is 6.54. The predicted octanol–water partition coefficient (Wildman–Crippen LogP) is 1.53. The Morgan fingerprint density at radius 1 is 1.64 bits per heavy atom. The number of hydrogen-bond acceptors (Lipinski definition) is 2. The average molecular weight is 149 g/mol. The molecule has 0 aromatic carbocycles. The minimum absolute atomic E-state index is 0.0248. The second-order valence-corrected chi connectivity index (χ2v) is 2.35. The molecule has 0 fully saturated rings. The molecular formula is C9H11NO. The van der Waals surface area contributed by atoms with E-state index >= 15 is 0 Å². The molecule has 1 aromatic rings. The number of aromatic nitrogens is 1. The molecule has 0 saturated carbocycles. The van der Waals surface area contributed by atoms with E-state index in [-0.39, 0.29) is 6.61 Å². The van der Waals surface area contributed by atoms with E-state index in [1.807, 2.05) is 19.1 Å². The van der Waals surface area contributed by atoms with E-state index in [0.717, 1.165) is 11.3 Å². The summed E-state index contributed by atoms with van der Waals surface area (Å²) in [7, 11) is 0. The molecule has 58 valence electrons. The summed E-state index contributed by atoms with van der Waals surface area (Å²) in [5.74, 6) is 0. The van der Waals surface area contributed by atoms with Gasteiger partial charge in [-0.25, -0.2) is 0 Å². The second kappa shape index (κ2) is 3.30. The van der Waals surface area contributed by atoms with Crippen LogP contribution in [0.3, 0.4) is 0 Å². The minimum Gasteiger partial charge on any atom is -0.390 e. The number of aliphatic hydroxyl groups is 1. The lowest BCUT2D eigenvalue weighted by molar-refractivity contribution is 0.276. The fourth-order valence-electron chi connectivity index (χ4n) is 0.934. The van der Waals surface area contributed by atoms with E-state index in [4.69, 9.17) is 5.11 Å². The van der Waals surface area contributed by atoms with Gasteiger partial charge in [0.2, 0.25) is 0 Å². The predicted molar refractivity (Wildman–Crippen MR) is 45.0 cm³/mol. The first-order valence-corrected chi connectivity index (χ1v) is 3.47. The number of pyridine rings is 1. The smallest absolute Gasteiger partial charge is 0.0859 e. The molecule has 0 spiro atoms. The van der Waals surface area contributed by atoms with Gasteiger partial charge in [0.25, 0.3) is 0 Å². The Kier molecular flexibility index (Phi) is 2.39. The molecule has 2 nitrogen and oxygen atoms in total. The maximum absolute atomic E-state index is 8.86. The fourth-order valence-corrected chi connectivity index (χ4v) is 0.934. The standard InChI is InChI=1S/C9H11NO/c1-3-8-5-4-7(2)10-9(8)6-11/h3-5,11H,1,6H2,2H3. The Labute approximate surface area is 66.2 Å². The molecule has 0 unspecified atom stereocenters. The van der Waals surface area contributed by atoms with E-state index < -0.39 is 0 Å². The Morgan fingerprint density at radius 3 is 2.91 bits per heavy atom. The molecule has 0 atom stereocenters. The van der Waals surface area contributed by atoms with Crippen molar-refractivity contribution in [3.8, 4) is 0 Å². The molecule has 11 heavy (non-hydrogen) atoms. The van der Waals surface area contributed by atoms with Gasteiger partial charge in [-0.3, -0.25) is 4.98 Å². The lowest BCUT2D eigenvalue weighted by Crippen LogP contribution is -1.94. The summed E-state index contributed by atoms with van der Waals surface area (Å²) >= 11 is 0. The summed E-state index contributed by atoms with van der Waals surface area (Å²) in [4.78, 5) is 4.14. The molecule has 0 bridgehead atoms. The quantitative estimate of drug-likeness (QED) is 0.691. The van der Waals surface area contributed by atoms with Crippen molar-refractivity contribution in [1.29, 1.82) is 0 Å². The van der Waals surface area contributed by atoms with E-state index in [2.05, 4.69) is 11.6 Å². The molecule has 1 N–H and O–H groups in total. The third-order valence-corrected chi connectivity index (χ3v) is 1.52. The fraction of sp³-hybridized carbons (Fsp3) is 0.222. The van der Waals surface area contributed by atoms with E-state index in [1.54, 1.807) is 6.08 Å². The normalized spacial score (nSPS) is 9.64. The van der Waals surface area contributed by atoms with Gasteiger partial charge in [-0.15, -0.1) is 0 Å². The van der Waals surface area contributed by atoms with Crippen molar-refractivity contribution >= 4 is 6.08 Å². The van der Waals surface area contributed by atoms with Gasteiger partial charge in [-0.05, 0) is 18.6 Å². The first-order chi connectivity index (χ1) is 5.27. The summed E-state index contributed by atoms with van der Waals surface area (Å²) in [5, 5.41) is 8.86. The van der Waals surface area contributed by atoms with Gasteiger partial charge in [-0.2, -0.15) is 0 Å². The van der Waals surface area contributed by atoms with Crippen molar-refractivity contribution in [2.24, 2.45) is 0 Å². The van der Waals surface area contributed by atoms with Crippen molar-refractivity contribution in [3.05, 3.63) is 35.7 Å². The molecule has 1 heterocycles. The summed E-state index contributed by atoms with van der Waals surface area (Å²) in [5.41, 5.74) is 2.51. The molecule has 0 amide bonds. The summed E-state index contributed by atoms with van der Waals surface area (Å²) in [6, 6.07) is 3.80. The zero-order valence-electron chi connectivity index (χ0n) is 6.54. The largest absolute Gasteiger partial charge is 0.390 e. The molecule has 0 aliphatic carbocycles. The summed E-state index contributed by atoms with van der Waals surface area (Å²) < 4.78 is 0. The van der Waals surface area contributed by atoms with Crippen LogP contribution in [0.25, 0.3) is 6.08 Å². The second-order valence-electron chi connectivity index (χ2n) is 2.35. The Hall–Kier alpha value is -1.15. The van der Waals surface area contributed by atoms with Crippen LogP contribution in [0.4, 0.5) is 0 Å². The molecular weight excluding hydrogens is 138 g/mol. The summed E-state index contributed by atoms with van der Waals surface area (Å²) in [6.45, 7) is 5.49. The van der Waals surface area contributed by atoms with Crippen LogP contribution in [0.1, 0.15) is 17.0 Å². The van der Waals surface area contributed by atoms with Gasteiger partial charge in [0, 0.05) is 5.69 Å². The van der Waals surface area contributed by atoms with Crippen LogP contribution in [0, 0.1) is 6.92 Å². The highest BCUT2D eigenvalue weighted by molar-refractivity contribution is 5.49. The van der Waals surface area contributed by atoms with Gasteiger partial charge in [0.15, 0.2) is 0 Å². The van der Waals surface area contributed by atoms with Gasteiger partial charge < -0.3 is 5.11 Å². The highest BCUT2D eigenvalue weighted by Crippen LogP contribution is 2.08. The summed E-state index contributed by atoms with van der Waals surface area (Å²) in [6.07, 6.45) is 1.69. The van der Waals surface area contributed by atoms with Crippen LogP contribution in [0.15, 0.2) is 18.7 Å².